The van der Waals surface area contributed by atoms with Gasteiger partial charge >= 0.3 is 0 Å². The fourth-order valence-corrected chi connectivity index (χ4v) is 1.60. The topological polar surface area (TPSA) is 21.3 Å². The largest absolute Gasteiger partial charge is 0.299 e. The van der Waals surface area contributed by atoms with Gasteiger partial charge in [-0.25, -0.2) is 5.48 Å². The van der Waals surface area contributed by atoms with E-state index in [-0.39, 0.29) is 0 Å². The summed E-state index contributed by atoms with van der Waals surface area (Å²) in [7, 11) is 0. The van der Waals surface area contributed by atoms with Gasteiger partial charge in [0.25, 0.3) is 0 Å². The van der Waals surface area contributed by atoms with Crippen LogP contribution < -0.4 is 5.48 Å². The second kappa shape index (κ2) is 12.0. The fourth-order valence-electron chi connectivity index (χ4n) is 1.60. The van der Waals surface area contributed by atoms with Crippen LogP contribution >= 0.6 is 0 Å². The zero-order valence-corrected chi connectivity index (χ0v) is 10.8. The van der Waals surface area contributed by atoms with Crippen molar-refractivity contribution in [3.8, 4) is 0 Å². The van der Waals surface area contributed by atoms with E-state index in [0.29, 0.717) is 6.10 Å². The first kappa shape index (κ1) is 14.9. The smallest absolute Gasteiger partial charge is 0.0787 e. The summed E-state index contributed by atoms with van der Waals surface area (Å²) >= 11 is 0. The van der Waals surface area contributed by atoms with E-state index in [1.807, 2.05) is 0 Å². The molecule has 2 nitrogen and oxygen atoms in total. The van der Waals surface area contributed by atoms with Crippen LogP contribution in [0, 0.1) is 0 Å². The molecule has 1 N–H and O–H groups in total. The number of hydroxylamine groups is 1. The SMILES string of the molecule is CCCCCCCC(CC)ONCCC. The van der Waals surface area contributed by atoms with Crippen molar-refractivity contribution in [1.82, 2.24) is 5.48 Å². The van der Waals surface area contributed by atoms with Crippen LogP contribution in [0.1, 0.15) is 72.1 Å². The Balaban J connectivity index is 3.28. The normalized spacial score (nSPS) is 13.0. The molecule has 0 saturated heterocycles. The number of unbranched alkanes of at least 4 members (excludes halogenated alkanes) is 4. The Morgan fingerprint density at radius 1 is 0.933 bits per heavy atom. The molecule has 0 amide bonds. The van der Waals surface area contributed by atoms with Gasteiger partial charge in [0.2, 0.25) is 0 Å². The first-order valence-corrected chi connectivity index (χ1v) is 6.73. The van der Waals surface area contributed by atoms with Gasteiger partial charge in [-0.05, 0) is 19.3 Å². The van der Waals surface area contributed by atoms with Crippen molar-refractivity contribution in [2.45, 2.75) is 78.2 Å². The first-order chi connectivity index (χ1) is 7.35. The fraction of sp³-hybridized carbons (Fsp3) is 1.00. The molecule has 0 aliphatic heterocycles. The minimum absolute atomic E-state index is 0.415. The molecule has 0 aliphatic carbocycles. The maximum absolute atomic E-state index is 5.59. The molecule has 0 aromatic rings. The zero-order valence-electron chi connectivity index (χ0n) is 10.8. The van der Waals surface area contributed by atoms with E-state index in [0.717, 1.165) is 19.4 Å². The second-order valence-corrected chi connectivity index (χ2v) is 4.25. The number of hydrogen-bond donors (Lipinski definition) is 1. The summed E-state index contributed by atoms with van der Waals surface area (Å²) < 4.78 is 0. The van der Waals surface area contributed by atoms with E-state index < -0.39 is 0 Å². The molecule has 0 aliphatic rings. The Bertz CT molecular complexity index is 117. The van der Waals surface area contributed by atoms with Crippen LogP contribution in [0.15, 0.2) is 0 Å². The monoisotopic (exact) mass is 215 g/mol. The molecule has 1 unspecified atom stereocenters. The summed E-state index contributed by atoms with van der Waals surface area (Å²) in [6, 6.07) is 0. The summed E-state index contributed by atoms with van der Waals surface area (Å²) in [6.07, 6.45) is 10.6. The van der Waals surface area contributed by atoms with Crippen molar-refractivity contribution in [3.63, 3.8) is 0 Å². The van der Waals surface area contributed by atoms with Crippen LogP contribution in [0.4, 0.5) is 0 Å². The lowest BCUT2D eigenvalue weighted by Crippen LogP contribution is -2.24. The first-order valence-electron chi connectivity index (χ1n) is 6.73. The van der Waals surface area contributed by atoms with Crippen molar-refractivity contribution in [3.05, 3.63) is 0 Å². The summed E-state index contributed by atoms with van der Waals surface area (Å²) in [4.78, 5) is 5.59. The molecule has 1 atom stereocenters. The van der Waals surface area contributed by atoms with Gasteiger partial charge in [-0.1, -0.05) is 52.9 Å². The van der Waals surface area contributed by atoms with Gasteiger partial charge < -0.3 is 0 Å². The highest BCUT2D eigenvalue weighted by molar-refractivity contribution is 4.55. The molecule has 2 heteroatoms. The van der Waals surface area contributed by atoms with E-state index in [9.17, 15) is 0 Å². The maximum Gasteiger partial charge on any atom is 0.0787 e. The van der Waals surface area contributed by atoms with Gasteiger partial charge in [0.1, 0.15) is 0 Å². The lowest BCUT2D eigenvalue weighted by molar-refractivity contribution is -0.0313. The van der Waals surface area contributed by atoms with E-state index in [1.165, 1.54) is 38.5 Å². The standard InChI is InChI=1S/C13H29NO/c1-4-7-8-9-10-11-13(6-3)15-14-12-5-2/h13-14H,4-12H2,1-3H3. The highest BCUT2D eigenvalue weighted by Crippen LogP contribution is 2.10. The van der Waals surface area contributed by atoms with E-state index in [1.54, 1.807) is 0 Å². The van der Waals surface area contributed by atoms with Crippen molar-refractivity contribution < 1.29 is 4.84 Å². The van der Waals surface area contributed by atoms with Gasteiger partial charge in [0.05, 0.1) is 6.10 Å². The van der Waals surface area contributed by atoms with Crippen LogP contribution in [0.25, 0.3) is 0 Å². The van der Waals surface area contributed by atoms with Crippen molar-refractivity contribution in [2.24, 2.45) is 0 Å². The minimum atomic E-state index is 0.415. The average Bonchev–Trinajstić information content (AvgIpc) is 2.26. The number of hydrogen-bond acceptors (Lipinski definition) is 2. The Morgan fingerprint density at radius 2 is 1.67 bits per heavy atom. The molecule has 92 valence electrons. The van der Waals surface area contributed by atoms with E-state index in [2.05, 4.69) is 26.3 Å². The van der Waals surface area contributed by atoms with Crippen LogP contribution in [-0.4, -0.2) is 12.6 Å². The molecule has 0 heterocycles. The lowest BCUT2D eigenvalue weighted by Gasteiger charge is -2.15. The predicted molar refractivity (Wildman–Crippen MR) is 66.8 cm³/mol. The predicted octanol–water partition coefficient (Wildman–Crippen LogP) is 4.06. The Kier molecular flexibility index (Phi) is 11.9. The summed E-state index contributed by atoms with van der Waals surface area (Å²) in [6.45, 7) is 7.57. The molecule has 0 bridgehead atoms. The molecule has 0 aromatic carbocycles. The van der Waals surface area contributed by atoms with Gasteiger partial charge in [0.15, 0.2) is 0 Å². The summed E-state index contributed by atoms with van der Waals surface area (Å²) in [5.41, 5.74) is 3.04. The summed E-state index contributed by atoms with van der Waals surface area (Å²) in [5.74, 6) is 0. The molecular weight excluding hydrogens is 186 g/mol. The third-order valence-corrected chi connectivity index (χ3v) is 2.69. The Morgan fingerprint density at radius 3 is 2.27 bits per heavy atom. The minimum Gasteiger partial charge on any atom is -0.299 e. The molecule has 0 saturated carbocycles. The van der Waals surface area contributed by atoms with Gasteiger partial charge in [-0.2, -0.15) is 0 Å². The maximum atomic E-state index is 5.59. The second-order valence-electron chi connectivity index (χ2n) is 4.25. The van der Waals surface area contributed by atoms with E-state index in [4.69, 9.17) is 4.84 Å². The molecule has 0 spiro atoms. The quantitative estimate of drug-likeness (QED) is 0.414. The molecular formula is C13H29NO. The lowest BCUT2D eigenvalue weighted by atomic mass is 10.1. The Hall–Kier alpha value is -0.0800. The average molecular weight is 215 g/mol. The highest BCUT2D eigenvalue weighted by atomic mass is 16.7. The molecule has 0 aromatic heterocycles. The third kappa shape index (κ3) is 10.2. The van der Waals surface area contributed by atoms with Crippen LogP contribution in [0.5, 0.6) is 0 Å². The highest BCUT2D eigenvalue weighted by Gasteiger charge is 2.05. The van der Waals surface area contributed by atoms with E-state index >= 15 is 0 Å². The van der Waals surface area contributed by atoms with Crippen molar-refractivity contribution in [2.75, 3.05) is 6.54 Å². The Labute approximate surface area is 95.7 Å². The van der Waals surface area contributed by atoms with Crippen LogP contribution in [0.2, 0.25) is 0 Å². The molecule has 0 radical (unpaired) electrons. The van der Waals surface area contributed by atoms with Gasteiger partial charge in [-0.3, -0.25) is 4.84 Å². The molecule has 0 rings (SSSR count). The van der Waals surface area contributed by atoms with Crippen molar-refractivity contribution >= 4 is 0 Å². The van der Waals surface area contributed by atoms with Crippen molar-refractivity contribution in [1.29, 1.82) is 0 Å². The zero-order chi connectivity index (χ0) is 11.4. The number of rotatable bonds is 11. The molecule has 15 heavy (non-hydrogen) atoms. The third-order valence-electron chi connectivity index (χ3n) is 2.69. The van der Waals surface area contributed by atoms with Gasteiger partial charge in [-0.15, -0.1) is 0 Å². The number of nitrogens with one attached hydrogen (secondary N) is 1. The van der Waals surface area contributed by atoms with Gasteiger partial charge in [0, 0.05) is 6.54 Å². The van der Waals surface area contributed by atoms with Crippen LogP contribution in [0.3, 0.4) is 0 Å². The summed E-state index contributed by atoms with van der Waals surface area (Å²) in [5, 5.41) is 0. The van der Waals surface area contributed by atoms with Crippen LogP contribution in [-0.2, 0) is 4.84 Å². The molecule has 0 fully saturated rings.